The second-order valence-corrected chi connectivity index (χ2v) is 3.17. The summed E-state index contributed by atoms with van der Waals surface area (Å²) in [5.74, 6) is -0.0533. The second kappa shape index (κ2) is 1.97. The zero-order valence-corrected chi connectivity index (χ0v) is 6.26. The lowest BCUT2D eigenvalue weighted by molar-refractivity contribution is 0.376. The molecule has 0 aliphatic carbocycles. The van der Waals surface area contributed by atoms with Gasteiger partial charge in [-0.05, 0) is 0 Å². The zero-order valence-electron chi connectivity index (χ0n) is 6.26. The summed E-state index contributed by atoms with van der Waals surface area (Å²) in [6.07, 6.45) is 0. The van der Waals surface area contributed by atoms with E-state index in [1.54, 1.807) is 0 Å². The third-order valence-corrected chi connectivity index (χ3v) is 1.08. The van der Waals surface area contributed by atoms with E-state index in [9.17, 15) is 4.79 Å². The fourth-order valence-electron chi connectivity index (χ4n) is 0.551. The summed E-state index contributed by atoms with van der Waals surface area (Å²) in [6.45, 7) is 5.77. The Balaban J connectivity index is 3.07. The molecule has 0 aromatic carbocycles. The quantitative estimate of drug-likeness (QED) is 0.578. The minimum absolute atomic E-state index is 0.195. The Labute approximate surface area is 58.3 Å². The fraction of sp³-hybridized carbons (Fsp3) is 0.667. The molecule has 0 aliphatic heterocycles. The molecule has 56 valence electrons. The molecular formula is C6H10N2O2. The molecule has 1 heterocycles. The molecule has 0 bridgehead atoms. The van der Waals surface area contributed by atoms with Gasteiger partial charge >= 0.3 is 5.76 Å². The van der Waals surface area contributed by atoms with Gasteiger partial charge in [-0.25, -0.2) is 9.89 Å². The number of aromatic amines is 1. The van der Waals surface area contributed by atoms with Crippen LogP contribution in [0, 0.1) is 0 Å². The van der Waals surface area contributed by atoms with E-state index in [2.05, 4.69) is 10.2 Å². The molecule has 0 atom stereocenters. The lowest BCUT2D eigenvalue weighted by Crippen LogP contribution is -2.11. The summed E-state index contributed by atoms with van der Waals surface area (Å²) in [7, 11) is 0. The number of aromatic nitrogens is 2. The van der Waals surface area contributed by atoms with Gasteiger partial charge < -0.3 is 4.42 Å². The Hall–Kier alpha value is -1.06. The van der Waals surface area contributed by atoms with Gasteiger partial charge in [-0.1, -0.05) is 20.8 Å². The average molecular weight is 142 g/mol. The molecule has 0 spiro atoms. The van der Waals surface area contributed by atoms with Crippen molar-refractivity contribution in [2.24, 2.45) is 0 Å². The number of hydrogen-bond acceptors (Lipinski definition) is 3. The highest BCUT2D eigenvalue weighted by Gasteiger charge is 2.19. The van der Waals surface area contributed by atoms with E-state index in [4.69, 9.17) is 4.42 Å². The first-order chi connectivity index (χ1) is 4.50. The van der Waals surface area contributed by atoms with Crippen LogP contribution in [0.4, 0.5) is 0 Å². The summed E-state index contributed by atoms with van der Waals surface area (Å²) in [6, 6.07) is 0. The van der Waals surface area contributed by atoms with Gasteiger partial charge in [0.25, 0.3) is 0 Å². The summed E-state index contributed by atoms with van der Waals surface area (Å²) in [5, 5.41) is 5.89. The van der Waals surface area contributed by atoms with Gasteiger partial charge in [0.2, 0.25) is 5.89 Å². The van der Waals surface area contributed by atoms with Crippen molar-refractivity contribution < 1.29 is 4.42 Å². The average Bonchev–Trinajstić information content (AvgIpc) is 2.11. The van der Waals surface area contributed by atoms with Crippen molar-refractivity contribution in [1.82, 2.24) is 10.2 Å². The van der Waals surface area contributed by atoms with E-state index in [1.165, 1.54) is 0 Å². The van der Waals surface area contributed by atoms with Crippen molar-refractivity contribution >= 4 is 0 Å². The van der Waals surface area contributed by atoms with E-state index < -0.39 is 5.76 Å². The minimum atomic E-state index is -0.495. The Morgan fingerprint density at radius 3 is 2.30 bits per heavy atom. The predicted molar refractivity (Wildman–Crippen MR) is 35.8 cm³/mol. The van der Waals surface area contributed by atoms with E-state index in [-0.39, 0.29) is 5.41 Å². The van der Waals surface area contributed by atoms with Crippen LogP contribution in [0.5, 0.6) is 0 Å². The van der Waals surface area contributed by atoms with Crippen LogP contribution < -0.4 is 5.76 Å². The van der Waals surface area contributed by atoms with Gasteiger partial charge in [0.1, 0.15) is 0 Å². The van der Waals surface area contributed by atoms with Gasteiger partial charge in [-0.15, -0.1) is 5.10 Å². The fourth-order valence-corrected chi connectivity index (χ4v) is 0.551. The third-order valence-electron chi connectivity index (χ3n) is 1.08. The van der Waals surface area contributed by atoms with Crippen LogP contribution in [-0.2, 0) is 5.41 Å². The summed E-state index contributed by atoms with van der Waals surface area (Å²) < 4.78 is 4.73. The zero-order chi connectivity index (χ0) is 7.78. The topological polar surface area (TPSA) is 58.9 Å². The number of nitrogens with one attached hydrogen (secondary N) is 1. The molecule has 4 nitrogen and oxygen atoms in total. The molecule has 1 aromatic heterocycles. The van der Waals surface area contributed by atoms with Crippen molar-refractivity contribution in [1.29, 1.82) is 0 Å². The van der Waals surface area contributed by atoms with Crippen LogP contribution in [0.1, 0.15) is 26.7 Å². The number of rotatable bonds is 0. The molecule has 0 aliphatic rings. The smallest absolute Gasteiger partial charge is 0.392 e. The highest BCUT2D eigenvalue weighted by molar-refractivity contribution is 4.92. The molecule has 1 rings (SSSR count). The molecule has 0 fully saturated rings. The monoisotopic (exact) mass is 142 g/mol. The maximum absolute atomic E-state index is 10.5. The van der Waals surface area contributed by atoms with E-state index >= 15 is 0 Å². The van der Waals surface area contributed by atoms with Crippen LogP contribution in [0.25, 0.3) is 0 Å². The Kier molecular flexibility index (Phi) is 1.39. The maximum Gasteiger partial charge on any atom is 0.434 e. The second-order valence-electron chi connectivity index (χ2n) is 3.17. The summed E-state index contributed by atoms with van der Waals surface area (Å²) in [5.41, 5.74) is -0.195. The van der Waals surface area contributed by atoms with Crippen molar-refractivity contribution in [2.75, 3.05) is 0 Å². The molecule has 0 saturated heterocycles. The molecule has 1 N–H and O–H groups in total. The molecule has 0 radical (unpaired) electrons. The summed E-state index contributed by atoms with van der Waals surface area (Å²) >= 11 is 0. The molecule has 10 heavy (non-hydrogen) atoms. The third kappa shape index (κ3) is 1.26. The van der Waals surface area contributed by atoms with Crippen LogP contribution in [0.15, 0.2) is 9.21 Å². The van der Waals surface area contributed by atoms with Crippen molar-refractivity contribution in [3.05, 3.63) is 16.4 Å². The largest absolute Gasteiger partial charge is 0.434 e. The Morgan fingerprint density at radius 2 is 2.10 bits per heavy atom. The highest BCUT2D eigenvalue weighted by atomic mass is 16.4. The van der Waals surface area contributed by atoms with Crippen LogP contribution in [0.2, 0.25) is 0 Å². The first-order valence-electron chi connectivity index (χ1n) is 3.06. The first-order valence-corrected chi connectivity index (χ1v) is 3.06. The number of hydrogen-bond donors (Lipinski definition) is 1. The molecule has 0 saturated carbocycles. The Bertz CT molecular complexity index is 266. The normalized spacial score (nSPS) is 11.9. The van der Waals surface area contributed by atoms with Gasteiger partial charge in [0, 0.05) is 5.41 Å². The SMILES string of the molecule is CC(C)(C)c1n[nH]c(=O)o1. The molecule has 1 aromatic rings. The maximum atomic E-state index is 10.5. The standard InChI is InChI=1S/C6H10N2O2/c1-6(2,3)4-7-8-5(9)10-4/h1-3H3,(H,8,9). The molecular weight excluding hydrogens is 132 g/mol. The van der Waals surface area contributed by atoms with E-state index in [0.29, 0.717) is 5.89 Å². The molecule has 4 heteroatoms. The highest BCUT2D eigenvalue weighted by Crippen LogP contribution is 2.16. The van der Waals surface area contributed by atoms with E-state index in [1.807, 2.05) is 20.8 Å². The van der Waals surface area contributed by atoms with Gasteiger partial charge in [-0.2, -0.15) is 0 Å². The minimum Gasteiger partial charge on any atom is -0.392 e. The molecule has 0 unspecified atom stereocenters. The molecule has 0 amide bonds. The lowest BCUT2D eigenvalue weighted by atomic mass is 9.97. The predicted octanol–water partition coefficient (Wildman–Crippen LogP) is 0.660. The van der Waals surface area contributed by atoms with Crippen molar-refractivity contribution in [3.63, 3.8) is 0 Å². The van der Waals surface area contributed by atoms with E-state index in [0.717, 1.165) is 0 Å². The number of H-pyrrole nitrogens is 1. The lowest BCUT2D eigenvalue weighted by Gasteiger charge is -2.10. The Morgan fingerprint density at radius 1 is 1.50 bits per heavy atom. The summed E-state index contributed by atoms with van der Waals surface area (Å²) in [4.78, 5) is 10.5. The van der Waals surface area contributed by atoms with Gasteiger partial charge in [0.15, 0.2) is 0 Å². The van der Waals surface area contributed by atoms with Gasteiger partial charge in [0.05, 0.1) is 0 Å². The van der Waals surface area contributed by atoms with Crippen LogP contribution in [0.3, 0.4) is 0 Å². The number of nitrogens with zero attached hydrogens (tertiary/aromatic N) is 1. The van der Waals surface area contributed by atoms with Crippen LogP contribution in [-0.4, -0.2) is 10.2 Å². The van der Waals surface area contributed by atoms with Gasteiger partial charge in [-0.3, -0.25) is 0 Å². The first kappa shape index (κ1) is 7.05. The van der Waals surface area contributed by atoms with Crippen LogP contribution >= 0.6 is 0 Å². The van der Waals surface area contributed by atoms with Crippen molar-refractivity contribution in [3.8, 4) is 0 Å². The van der Waals surface area contributed by atoms with Crippen molar-refractivity contribution in [2.45, 2.75) is 26.2 Å².